The number of nitrogens with zero attached hydrogens (tertiary/aromatic N) is 2. The van der Waals surface area contributed by atoms with Crippen molar-refractivity contribution in [2.24, 2.45) is 11.7 Å². The molecule has 1 aromatic rings. The number of rotatable bonds is 9. The van der Waals surface area contributed by atoms with Crippen LogP contribution in [0, 0.1) is 5.92 Å². The highest BCUT2D eigenvalue weighted by Crippen LogP contribution is 2.11. The topological polar surface area (TPSA) is 49.6 Å². The molecule has 0 aromatic heterocycles. The zero-order valence-electron chi connectivity index (χ0n) is 14.5. The number of nitrogens with two attached hydrogens (primary N) is 1. The van der Waals surface area contributed by atoms with Crippen LogP contribution in [0.25, 0.3) is 0 Å². The van der Waals surface area contributed by atoms with Crippen LogP contribution >= 0.6 is 0 Å². The van der Waals surface area contributed by atoms with Crippen molar-refractivity contribution in [2.45, 2.75) is 40.3 Å². The van der Waals surface area contributed by atoms with E-state index in [-0.39, 0.29) is 17.9 Å². The molecule has 2 N–H and O–H groups in total. The molecule has 2 atom stereocenters. The highest BCUT2D eigenvalue weighted by atomic mass is 16.2. The molecule has 22 heavy (non-hydrogen) atoms. The Balaban J connectivity index is 2.78. The predicted molar refractivity (Wildman–Crippen MR) is 92.5 cm³/mol. The van der Waals surface area contributed by atoms with E-state index in [0.29, 0.717) is 6.54 Å². The Bertz CT molecular complexity index is 429. The summed E-state index contributed by atoms with van der Waals surface area (Å²) < 4.78 is 0. The molecular formula is C18H31N3O. The van der Waals surface area contributed by atoms with Crippen LogP contribution in [0.15, 0.2) is 30.3 Å². The summed E-state index contributed by atoms with van der Waals surface area (Å²) in [6.45, 7) is 12.4. The second-order valence-corrected chi connectivity index (χ2v) is 5.92. The summed E-state index contributed by atoms with van der Waals surface area (Å²) in [6, 6.07) is 10.0. The van der Waals surface area contributed by atoms with Gasteiger partial charge in [-0.05, 0) is 25.6 Å². The Hall–Kier alpha value is -1.39. The van der Waals surface area contributed by atoms with Crippen LogP contribution in [-0.2, 0) is 11.3 Å². The van der Waals surface area contributed by atoms with E-state index in [1.807, 2.05) is 36.9 Å². The van der Waals surface area contributed by atoms with Crippen LogP contribution in [0.1, 0.15) is 33.3 Å². The van der Waals surface area contributed by atoms with Gasteiger partial charge in [0.25, 0.3) is 0 Å². The van der Waals surface area contributed by atoms with Gasteiger partial charge in [0, 0.05) is 25.7 Å². The lowest BCUT2D eigenvalue weighted by Crippen LogP contribution is -2.44. The minimum Gasteiger partial charge on any atom is -0.337 e. The third-order valence-corrected chi connectivity index (χ3v) is 4.29. The van der Waals surface area contributed by atoms with E-state index in [9.17, 15) is 4.79 Å². The van der Waals surface area contributed by atoms with Crippen molar-refractivity contribution in [3.8, 4) is 0 Å². The minimum absolute atomic E-state index is 0.126. The van der Waals surface area contributed by atoms with Crippen LogP contribution in [0.5, 0.6) is 0 Å². The number of benzene rings is 1. The first-order valence-corrected chi connectivity index (χ1v) is 8.30. The van der Waals surface area contributed by atoms with E-state index < -0.39 is 0 Å². The second kappa shape index (κ2) is 9.59. The third kappa shape index (κ3) is 5.78. The monoisotopic (exact) mass is 305 g/mol. The molecule has 0 heterocycles. The summed E-state index contributed by atoms with van der Waals surface area (Å²) in [5, 5.41) is 0. The number of hydrogen-bond acceptors (Lipinski definition) is 3. The molecule has 0 aliphatic carbocycles. The summed E-state index contributed by atoms with van der Waals surface area (Å²) >= 11 is 0. The predicted octanol–water partition coefficient (Wildman–Crippen LogP) is 2.34. The van der Waals surface area contributed by atoms with Gasteiger partial charge in [0.1, 0.15) is 0 Å². The zero-order chi connectivity index (χ0) is 16.5. The van der Waals surface area contributed by atoms with Gasteiger partial charge in [0.15, 0.2) is 0 Å². The van der Waals surface area contributed by atoms with Gasteiger partial charge in [-0.25, -0.2) is 0 Å². The van der Waals surface area contributed by atoms with Gasteiger partial charge in [-0.2, -0.15) is 0 Å². The maximum atomic E-state index is 12.7. The van der Waals surface area contributed by atoms with E-state index >= 15 is 0 Å². The van der Waals surface area contributed by atoms with Crippen molar-refractivity contribution in [3.63, 3.8) is 0 Å². The normalized spacial score (nSPS) is 13.9. The lowest BCUT2D eigenvalue weighted by atomic mass is 10.0. The Kier molecular flexibility index (Phi) is 8.13. The lowest BCUT2D eigenvalue weighted by Gasteiger charge is -2.30. The van der Waals surface area contributed by atoms with Gasteiger partial charge in [-0.15, -0.1) is 0 Å². The molecule has 1 amide bonds. The molecule has 4 heteroatoms. The molecule has 0 saturated carbocycles. The Labute approximate surface area is 135 Å². The first-order valence-electron chi connectivity index (χ1n) is 8.30. The fourth-order valence-electron chi connectivity index (χ4n) is 2.39. The smallest absolute Gasteiger partial charge is 0.227 e. The standard InChI is InChI=1S/C18H31N3O/c1-5-20(6-2)12-13-21(18(22)15(3)16(4)19)14-17-10-8-7-9-11-17/h7-11,15-16H,5-6,12-14,19H2,1-4H3. The lowest BCUT2D eigenvalue weighted by molar-refractivity contribution is -0.136. The van der Waals surface area contributed by atoms with Gasteiger partial charge in [0.05, 0.1) is 5.92 Å². The summed E-state index contributed by atoms with van der Waals surface area (Å²) in [5.74, 6) is -0.00794. The maximum Gasteiger partial charge on any atom is 0.227 e. The number of hydrogen-bond donors (Lipinski definition) is 1. The van der Waals surface area contributed by atoms with E-state index in [0.717, 1.165) is 31.7 Å². The minimum atomic E-state index is -0.152. The molecule has 1 aromatic carbocycles. The molecule has 1 rings (SSSR count). The van der Waals surface area contributed by atoms with Crippen LogP contribution in [-0.4, -0.2) is 47.9 Å². The van der Waals surface area contributed by atoms with Crippen molar-refractivity contribution >= 4 is 5.91 Å². The Morgan fingerprint density at radius 2 is 1.68 bits per heavy atom. The molecule has 0 aliphatic heterocycles. The van der Waals surface area contributed by atoms with Crippen molar-refractivity contribution < 1.29 is 4.79 Å². The molecular weight excluding hydrogens is 274 g/mol. The fourth-order valence-corrected chi connectivity index (χ4v) is 2.39. The van der Waals surface area contributed by atoms with Crippen LogP contribution in [0.2, 0.25) is 0 Å². The molecule has 0 spiro atoms. The van der Waals surface area contributed by atoms with Gasteiger partial charge in [0.2, 0.25) is 5.91 Å². The van der Waals surface area contributed by atoms with Crippen LogP contribution in [0.3, 0.4) is 0 Å². The average Bonchev–Trinajstić information content (AvgIpc) is 2.54. The van der Waals surface area contributed by atoms with Gasteiger partial charge in [-0.3, -0.25) is 4.79 Å². The van der Waals surface area contributed by atoms with Crippen molar-refractivity contribution in [2.75, 3.05) is 26.2 Å². The summed E-state index contributed by atoms with van der Waals surface area (Å²) in [4.78, 5) is 17.0. The highest BCUT2D eigenvalue weighted by Gasteiger charge is 2.23. The van der Waals surface area contributed by atoms with Crippen molar-refractivity contribution in [1.82, 2.24) is 9.80 Å². The first kappa shape index (κ1) is 18.7. The summed E-state index contributed by atoms with van der Waals surface area (Å²) in [6.07, 6.45) is 0. The largest absolute Gasteiger partial charge is 0.337 e. The van der Waals surface area contributed by atoms with Crippen LogP contribution in [0.4, 0.5) is 0 Å². The summed E-state index contributed by atoms with van der Waals surface area (Å²) in [5.41, 5.74) is 7.08. The average molecular weight is 305 g/mol. The summed E-state index contributed by atoms with van der Waals surface area (Å²) in [7, 11) is 0. The van der Waals surface area contributed by atoms with Crippen LogP contribution < -0.4 is 5.73 Å². The third-order valence-electron chi connectivity index (χ3n) is 4.29. The number of carbonyl (C=O) groups is 1. The van der Waals surface area contributed by atoms with E-state index in [1.54, 1.807) is 0 Å². The van der Waals surface area contributed by atoms with Gasteiger partial charge >= 0.3 is 0 Å². The number of amides is 1. The van der Waals surface area contributed by atoms with E-state index in [1.165, 1.54) is 0 Å². The van der Waals surface area contributed by atoms with Crippen molar-refractivity contribution in [1.29, 1.82) is 0 Å². The highest BCUT2D eigenvalue weighted by molar-refractivity contribution is 5.79. The van der Waals surface area contributed by atoms with E-state index in [2.05, 4.69) is 30.9 Å². The molecule has 2 unspecified atom stereocenters. The van der Waals surface area contributed by atoms with Gasteiger partial charge < -0.3 is 15.5 Å². The second-order valence-electron chi connectivity index (χ2n) is 5.92. The molecule has 124 valence electrons. The quantitative estimate of drug-likeness (QED) is 0.762. The maximum absolute atomic E-state index is 12.7. The molecule has 4 nitrogen and oxygen atoms in total. The SMILES string of the molecule is CCN(CC)CCN(Cc1ccccc1)C(=O)C(C)C(C)N. The van der Waals surface area contributed by atoms with Crippen molar-refractivity contribution in [3.05, 3.63) is 35.9 Å². The molecule has 0 radical (unpaired) electrons. The fraction of sp³-hybridized carbons (Fsp3) is 0.611. The number of carbonyl (C=O) groups excluding carboxylic acids is 1. The molecule has 0 aliphatic rings. The Morgan fingerprint density at radius 3 is 2.18 bits per heavy atom. The first-order chi connectivity index (χ1) is 10.5. The zero-order valence-corrected chi connectivity index (χ0v) is 14.5. The molecule has 0 fully saturated rings. The molecule has 0 saturated heterocycles. The Morgan fingerprint density at radius 1 is 1.09 bits per heavy atom. The molecule has 0 bridgehead atoms. The van der Waals surface area contributed by atoms with E-state index in [4.69, 9.17) is 5.73 Å². The number of likely N-dealkylation sites (N-methyl/N-ethyl adjacent to an activating group) is 1. The van der Waals surface area contributed by atoms with Gasteiger partial charge in [-0.1, -0.05) is 51.1 Å².